The van der Waals surface area contributed by atoms with Crippen LogP contribution in [0.2, 0.25) is 0 Å². The zero-order chi connectivity index (χ0) is 27.7. The molecule has 194 valence electrons. The average molecular weight is 579 g/mol. The van der Waals surface area contributed by atoms with Gasteiger partial charge in [0.2, 0.25) is 0 Å². The normalized spacial score (nSPS) is 10.7. The van der Waals surface area contributed by atoms with Gasteiger partial charge in [0.05, 0.1) is 29.3 Å². The van der Waals surface area contributed by atoms with Gasteiger partial charge in [-0.1, -0.05) is 12.1 Å². The van der Waals surface area contributed by atoms with Gasteiger partial charge in [-0.05, 0) is 88.6 Å². The Kier molecular flexibility index (Phi) is 9.62. The van der Waals surface area contributed by atoms with Gasteiger partial charge in [0.15, 0.2) is 11.5 Å². The number of anilines is 1. The van der Waals surface area contributed by atoms with Gasteiger partial charge in [-0.25, -0.2) is 9.59 Å². The van der Waals surface area contributed by atoms with Gasteiger partial charge < -0.3 is 24.6 Å². The Morgan fingerprint density at radius 3 is 2.29 bits per heavy atom. The minimum Gasteiger partial charge on any atom is -0.493 e. The number of nitrogens with one attached hydrogen (secondary N) is 1. The van der Waals surface area contributed by atoms with Crippen molar-refractivity contribution in [3.63, 3.8) is 0 Å². The topological polar surface area (TPSA) is 135 Å². The maximum absolute atomic E-state index is 12.7. The highest BCUT2D eigenvalue weighted by Crippen LogP contribution is 2.38. The van der Waals surface area contributed by atoms with Crippen LogP contribution in [0.4, 0.5) is 5.69 Å². The Balaban J connectivity index is 1.74. The van der Waals surface area contributed by atoms with E-state index in [1.54, 1.807) is 43.3 Å². The van der Waals surface area contributed by atoms with E-state index in [1.807, 2.05) is 6.07 Å². The predicted molar refractivity (Wildman–Crippen MR) is 143 cm³/mol. The number of carbonyl (C=O) groups is 3. The summed E-state index contributed by atoms with van der Waals surface area (Å²) >= 11 is 3.44. The molecule has 1 amide bonds. The third kappa shape index (κ3) is 7.21. The summed E-state index contributed by atoms with van der Waals surface area (Å²) in [7, 11) is 1.46. The predicted octanol–water partition coefficient (Wildman–Crippen LogP) is 5.46. The highest BCUT2D eigenvalue weighted by molar-refractivity contribution is 9.10. The SMILES string of the molecule is CCOC(=O)c1ccc(NC(=O)/C(C#N)=C/c2cc(Br)c(OCc3ccc(C(=O)O)cc3)c(OC)c2)cc1. The van der Waals surface area contributed by atoms with Crippen molar-refractivity contribution >= 4 is 45.5 Å². The van der Waals surface area contributed by atoms with Crippen LogP contribution in [-0.2, 0) is 16.1 Å². The fraction of sp³-hybridized carbons (Fsp3) is 0.143. The van der Waals surface area contributed by atoms with Crippen LogP contribution in [0.25, 0.3) is 6.08 Å². The van der Waals surface area contributed by atoms with E-state index >= 15 is 0 Å². The van der Waals surface area contributed by atoms with E-state index in [0.29, 0.717) is 32.8 Å². The molecule has 0 aliphatic heterocycles. The van der Waals surface area contributed by atoms with Crippen molar-refractivity contribution in [1.82, 2.24) is 0 Å². The van der Waals surface area contributed by atoms with Gasteiger partial charge >= 0.3 is 11.9 Å². The van der Waals surface area contributed by atoms with Crippen LogP contribution >= 0.6 is 15.9 Å². The van der Waals surface area contributed by atoms with Crippen LogP contribution in [0.5, 0.6) is 11.5 Å². The molecule has 0 heterocycles. The third-order valence-electron chi connectivity index (χ3n) is 5.17. The van der Waals surface area contributed by atoms with Crippen molar-refractivity contribution in [2.75, 3.05) is 19.0 Å². The molecule has 3 aromatic rings. The average Bonchev–Trinajstić information content (AvgIpc) is 2.91. The molecular weight excluding hydrogens is 556 g/mol. The van der Waals surface area contributed by atoms with Crippen LogP contribution in [0.1, 0.15) is 38.8 Å². The molecule has 3 aromatic carbocycles. The fourth-order valence-electron chi connectivity index (χ4n) is 3.28. The molecule has 0 aliphatic carbocycles. The zero-order valence-corrected chi connectivity index (χ0v) is 22.1. The van der Waals surface area contributed by atoms with Crippen LogP contribution < -0.4 is 14.8 Å². The second kappa shape index (κ2) is 13.1. The number of benzene rings is 3. The number of esters is 1. The number of carboxylic acid groups (broad SMARTS) is 1. The van der Waals surface area contributed by atoms with Gasteiger partial charge in [-0.15, -0.1) is 0 Å². The third-order valence-corrected chi connectivity index (χ3v) is 5.75. The van der Waals surface area contributed by atoms with Crippen LogP contribution in [-0.4, -0.2) is 36.7 Å². The lowest BCUT2D eigenvalue weighted by atomic mass is 10.1. The van der Waals surface area contributed by atoms with Gasteiger partial charge in [0.1, 0.15) is 18.2 Å². The fourth-order valence-corrected chi connectivity index (χ4v) is 3.85. The maximum atomic E-state index is 12.7. The van der Waals surface area contributed by atoms with Crippen LogP contribution in [0.15, 0.2) is 70.7 Å². The molecule has 10 heteroatoms. The molecule has 3 rings (SSSR count). The van der Waals surface area contributed by atoms with Gasteiger partial charge in [0.25, 0.3) is 5.91 Å². The number of nitrogens with zero attached hydrogens (tertiary/aromatic N) is 1. The van der Waals surface area contributed by atoms with Gasteiger partial charge in [-0.3, -0.25) is 4.79 Å². The van der Waals surface area contributed by atoms with E-state index < -0.39 is 17.8 Å². The molecule has 0 aromatic heterocycles. The number of halogens is 1. The molecule has 0 aliphatic rings. The lowest BCUT2D eigenvalue weighted by Crippen LogP contribution is -2.13. The van der Waals surface area contributed by atoms with Crippen LogP contribution in [0.3, 0.4) is 0 Å². The number of aromatic carboxylic acids is 1. The smallest absolute Gasteiger partial charge is 0.338 e. The summed E-state index contributed by atoms with van der Waals surface area (Å²) < 4.78 is 16.8. The van der Waals surface area contributed by atoms with Crippen molar-refractivity contribution in [2.24, 2.45) is 0 Å². The quantitative estimate of drug-likeness (QED) is 0.184. The summed E-state index contributed by atoms with van der Waals surface area (Å²) in [6, 6.07) is 17.6. The summed E-state index contributed by atoms with van der Waals surface area (Å²) in [4.78, 5) is 35.5. The van der Waals surface area contributed by atoms with Crippen molar-refractivity contribution in [1.29, 1.82) is 5.26 Å². The Bertz CT molecular complexity index is 1410. The van der Waals surface area contributed by atoms with Crippen molar-refractivity contribution in [3.05, 3.63) is 93.0 Å². The largest absolute Gasteiger partial charge is 0.493 e. The van der Waals surface area contributed by atoms with Crippen molar-refractivity contribution in [2.45, 2.75) is 13.5 Å². The molecule has 0 bridgehead atoms. The Labute approximate surface area is 227 Å². The molecule has 0 fully saturated rings. The molecular formula is C28H23BrN2O7. The summed E-state index contributed by atoms with van der Waals surface area (Å²) in [5.74, 6) is -1.35. The highest BCUT2D eigenvalue weighted by atomic mass is 79.9. The number of rotatable bonds is 10. The first-order chi connectivity index (χ1) is 18.2. The van der Waals surface area contributed by atoms with E-state index in [1.165, 1.54) is 37.5 Å². The molecule has 0 saturated carbocycles. The summed E-state index contributed by atoms with van der Waals surface area (Å²) in [6.45, 7) is 2.12. The molecule has 0 spiro atoms. The van der Waals surface area contributed by atoms with E-state index in [2.05, 4.69) is 21.2 Å². The Morgan fingerprint density at radius 2 is 1.71 bits per heavy atom. The molecule has 38 heavy (non-hydrogen) atoms. The minimum atomic E-state index is -1.01. The summed E-state index contributed by atoms with van der Waals surface area (Å²) in [5, 5.41) is 21.2. The number of carboxylic acids is 1. The summed E-state index contributed by atoms with van der Waals surface area (Å²) in [5.41, 5.74) is 2.04. The van der Waals surface area contributed by atoms with E-state index in [-0.39, 0.29) is 24.4 Å². The lowest BCUT2D eigenvalue weighted by molar-refractivity contribution is -0.112. The number of hydrogen-bond donors (Lipinski definition) is 2. The molecule has 0 atom stereocenters. The standard InChI is InChI=1S/C28H23BrN2O7/c1-3-37-28(35)20-8-10-22(11-9-20)31-26(32)21(15-30)12-18-13-23(29)25(24(14-18)36-2)38-16-17-4-6-19(7-5-17)27(33)34/h4-14H,3,16H2,1-2H3,(H,31,32)(H,33,34)/b21-12+. The number of hydrogen-bond acceptors (Lipinski definition) is 7. The monoisotopic (exact) mass is 578 g/mol. The minimum absolute atomic E-state index is 0.152. The molecule has 2 N–H and O–H groups in total. The maximum Gasteiger partial charge on any atom is 0.338 e. The Morgan fingerprint density at radius 1 is 1.05 bits per heavy atom. The number of ether oxygens (including phenoxy) is 3. The van der Waals surface area contributed by atoms with E-state index in [4.69, 9.17) is 19.3 Å². The summed E-state index contributed by atoms with van der Waals surface area (Å²) in [6.07, 6.45) is 1.41. The second-order valence-corrected chi connectivity index (χ2v) is 8.60. The van der Waals surface area contributed by atoms with E-state index in [0.717, 1.165) is 5.56 Å². The van der Waals surface area contributed by atoms with Gasteiger partial charge in [-0.2, -0.15) is 5.26 Å². The Hall–Kier alpha value is -4.62. The van der Waals surface area contributed by atoms with E-state index in [9.17, 15) is 19.6 Å². The number of carbonyl (C=O) groups excluding carboxylic acids is 2. The number of amides is 1. The molecule has 0 radical (unpaired) electrons. The highest BCUT2D eigenvalue weighted by Gasteiger charge is 2.15. The zero-order valence-electron chi connectivity index (χ0n) is 20.5. The number of nitriles is 1. The molecule has 0 unspecified atom stereocenters. The first-order valence-electron chi connectivity index (χ1n) is 11.3. The number of methoxy groups -OCH3 is 1. The molecule has 9 nitrogen and oxygen atoms in total. The van der Waals surface area contributed by atoms with Crippen molar-refractivity contribution < 1.29 is 33.7 Å². The van der Waals surface area contributed by atoms with Crippen molar-refractivity contribution in [3.8, 4) is 17.6 Å². The first kappa shape index (κ1) is 28.0. The first-order valence-corrected chi connectivity index (χ1v) is 12.1. The van der Waals surface area contributed by atoms with Gasteiger partial charge in [0, 0.05) is 5.69 Å². The molecule has 0 saturated heterocycles. The lowest BCUT2D eigenvalue weighted by Gasteiger charge is -2.14. The van der Waals surface area contributed by atoms with Crippen LogP contribution in [0, 0.1) is 11.3 Å². The second-order valence-electron chi connectivity index (χ2n) is 7.75.